The fraction of sp³-hybridized carbons (Fsp3) is 0.231. The topological polar surface area (TPSA) is 12.0 Å². The molecule has 2 rings (SSSR count). The Balaban J connectivity index is 2.15. The summed E-state index contributed by atoms with van der Waals surface area (Å²) in [6.45, 7) is 4.34. The van der Waals surface area contributed by atoms with Crippen molar-refractivity contribution in [1.82, 2.24) is 0 Å². The molecule has 1 heterocycles. The SMILES string of the molecule is Cc1cc(CNc2cc(F)c(F)cc2F)c(C)s1. The van der Waals surface area contributed by atoms with Crippen LogP contribution in [-0.4, -0.2) is 0 Å². The molecule has 0 spiro atoms. The van der Waals surface area contributed by atoms with Crippen LogP contribution < -0.4 is 5.32 Å². The van der Waals surface area contributed by atoms with Gasteiger partial charge in [0.05, 0.1) is 5.69 Å². The molecule has 0 amide bonds. The van der Waals surface area contributed by atoms with Crippen LogP contribution in [0.2, 0.25) is 0 Å². The highest BCUT2D eigenvalue weighted by atomic mass is 32.1. The van der Waals surface area contributed by atoms with Crippen molar-refractivity contribution in [3.8, 4) is 0 Å². The number of hydrogen-bond donors (Lipinski definition) is 1. The quantitative estimate of drug-likeness (QED) is 0.816. The van der Waals surface area contributed by atoms with Gasteiger partial charge in [-0.15, -0.1) is 11.3 Å². The second-order valence-corrected chi connectivity index (χ2v) is 5.50. The van der Waals surface area contributed by atoms with E-state index in [1.807, 2.05) is 19.9 Å². The predicted molar refractivity (Wildman–Crippen MR) is 67.4 cm³/mol. The summed E-state index contributed by atoms with van der Waals surface area (Å²) in [6, 6.07) is 3.37. The van der Waals surface area contributed by atoms with Gasteiger partial charge in [0.25, 0.3) is 0 Å². The molecule has 0 unspecified atom stereocenters. The molecular weight excluding hydrogens is 259 g/mol. The smallest absolute Gasteiger partial charge is 0.161 e. The van der Waals surface area contributed by atoms with E-state index >= 15 is 0 Å². The number of hydrogen-bond acceptors (Lipinski definition) is 2. The van der Waals surface area contributed by atoms with Crippen molar-refractivity contribution in [3.05, 3.63) is 51.0 Å². The van der Waals surface area contributed by atoms with Gasteiger partial charge in [0.15, 0.2) is 11.6 Å². The van der Waals surface area contributed by atoms with Crippen LogP contribution in [0.15, 0.2) is 18.2 Å². The third kappa shape index (κ3) is 2.67. The minimum Gasteiger partial charge on any atom is -0.378 e. The van der Waals surface area contributed by atoms with Gasteiger partial charge in [-0.05, 0) is 25.5 Å². The lowest BCUT2D eigenvalue weighted by Gasteiger charge is -2.07. The molecule has 0 saturated heterocycles. The fourth-order valence-electron chi connectivity index (χ4n) is 1.71. The zero-order valence-corrected chi connectivity index (χ0v) is 10.8. The molecule has 0 aliphatic carbocycles. The molecular formula is C13H12F3NS. The summed E-state index contributed by atoms with van der Waals surface area (Å²) in [5.41, 5.74) is 0.999. The Labute approximate surface area is 107 Å². The summed E-state index contributed by atoms with van der Waals surface area (Å²) in [6.07, 6.45) is 0. The first-order valence-corrected chi connectivity index (χ1v) is 6.23. The summed E-state index contributed by atoms with van der Waals surface area (Å²) in [7, 11) is 0. The Morgan fingerprint density at radius 2 is 1.67 bits per heavy atom. The predicted octanol–water partition coefficient (Wildman–Crippen LogP) is 4.39. The summed E-state index contributed by atoms with van der Waals surface area (Å²) >= 11 is 1.65. The van der Waals surface area contributed by atoms with Crippen LogP contribution in [0, 0.1) is 31.3 Å². The maximum Gasteiger partial charge on any atom is 0.161 e. The lowest BCUT2D eigenvalue weighted by Crippen LogP contribution is -2.03. The molecule has 96 valence electrons. The second-order valence-electron chi connectivity index (χ2n) is 4.04. The third-order valence-electron chi connectivity index (χ3n) is 2.62. The van der Waals surface area contributed by atoms with Crippen molar-refractivity contribution in [2.24, 2.45) is 0 Å². The number of nitrogens with one attached hydrogen (secondary N) is 1. The molecule has 0 bridgehead atoms. The van der Waals surface area contributed by atoms with Crippen LogP contribution in [0.25, 0.3) is 0 Å². The Morgan fingerprint density at radius 3 is 2.28 bits per heavy atom. The van der Waals surface area contributed by atoms with Gasteiger partial charge in [0, 0.05) is 28.4 Å². The highest BCUT2D eigenvalue weighted by Gasteiger charge is 2.10. The van der Waals surface area contributed by atoms with Crippen LogP contribution in [0.3, 0.4) is 0 Å². The van der Waals surface area contributed by atoms with Crippen LogP contribution in [0.5, 0.6) is 0 Å². The van der Waals surface area contributed by atoms with Gasteiger partial charge in [0.1, 0.15) is 5.82 Å². The summed E-state index contributed by atoms with van der Waals surface area (Å²) in [5, 5.41) is 2.78. The first-order valence-electron chi connectivity index (χ1n) is 5.41. The third-order valence-corrected chi connectivity index (χ3v) is 3.63. The number of thiophene rings is 1. The minimum absolute atomic E-state index is 0.0304. The van der Waals surface area contributed by atoms with Crippen molar-refractivity contribution in [1.29, 1.82) is 0 Å². The van der Waals surface area contributed by atoms with Crippen LogP contribution in [0.1, 0.15) is 15.3 Å². The van der Waals surface area contributed by atoms with Gasteiger partial charge in [-0.25, -0.2) is 13.2 Å². The van der Waals surface area contributed by atoms with E-state index in [9.17, 15) is 13.2 Å². The molecule has 1 N–H and O–H groups in total. The van der Waals surface area contributed by atoms with Crippen molar-refractivity contribution in [2.45, 2.75) is 20.4 Å². The summed E-state index contributed by atoms with van der Waals surface area (Å²) in [5.74, 6) is -3.03. The maximum atomic E-state index is 13.4. The van der Waals surface area contributed by atoms with Crippen molar-refractivity contribution in [2.75, 3.05) is 5.32 Å². The summed E-state index contributed by atoms with van der Waals surface area (Å²) < 4.78 is 39.1. The molecule has 5 heteroatoms. The van der Waals surface area contributed by atoms with Gasteiger partial charge in [0.2, 0.25) is 0 Å². The molecule has 0 radical (unpaired) electrons. The Hall–Kier alpha value is -1.49. The molecule has 1 aromatic heterocycles. The van der Waals surface area contributed by atoms with Gasteiger partial charge >= 0.3 is 0 Å². The number of anilines is 1. The largest absolute Gasteiger partial charge is 0.378 e. The molecule has 1 nitrogen and oxygen atoms in total. The number of rotatable bonds is 3. The maximum absolute atomic E-state index is 13.4. The lowest BCUT2D eigenvalue weighted by atomic mass is 10.2. The minimum atomic E-state index is -1.18. The Bertz CT molecular complexity index is 578. The van der Waals surface area contributed by atoms with Gasteiger partial charge in [-0.1, -0.05) is 0 Å². The van der Waals surface area contributed by atoms with Gasteiger partial charge < -0.3 is 5.32 Å². The van der Waals surface area contributed by atoms with E-state index in [4.69, 9.17) is 0 Å². The van der Waals surface area contributed by atoms with Crippen molar-refractivity contribution < 1.29 is 13.2 Å². The van der Waals surface area contributed by atoms with E-state index in [0.29, 0.717) is 12.6 Å². The number of benzene rings is 1. The molecule has 0 aliphatic heterocycles. The Kier molecular flexibility index (Phi) is 3.61. The van der Waals surface area contributed by atoms with Crippen molar-refractivity contribution in [3.63, 3.8) is 0 Å². The number of halogens is 3. The molecule has 1 aromatic carbocycles. The Morgan fingerprint density at radius 1 is 1.00 bits per heavy atom. The molecule has 0 fully saturated rings. The lowest BCUT2D eigenvalue weighted by molar-refractivity contribution is 0.496. The second kappa shape index (κ2) is 5.02. The van der Waals surface area contributed by atoms with E-state index < -0.39 is 17.5 Å². The average Bonchev–Trinajstić information content (AvgIpc) is 2.61. The van der Waals surface area contributed by atoms with Crippen LogP contribution >= 0.6 is 11.3 Å². The number of aryl methyl sites for hydroxylation is 2. The molecule has 0 atom stereocenters. The van der Waals surface area contributed by atoms with Crippen molar-refractivity contribution >= 4 is 17.0 Å². The molecule has 18 heavy (non-hydrogen) atoms. The van der Waals surface area contributed by atoms with E-state index in [0.717, 1.165) is 21.4 Å². The zero-order valence-electron chi connectivity index (χ0n) is 9.98. The first kappa shape index (κ1) is 13.0. The average molecular weight is 271 g/mol. The first-order chi connectivity index (χ1) is 8.47. The fourth-order valence-corrected chi connectivity index (χ4v) is 2.65. The van der Waals surface area contributed by atoms with E-state index in [1.54, 1.807) is 11.3 Å². The van der Waals surface area contributed by atoms with Gasteiger partial charge in [-0.3, -0.25) is 0 Å². The van der Waals surface area contributed by atoms with E-state index in [1.165, 1.54) is 0 Å². The van der Waals surface area contributed by atoms with E-state index in [-0.39, 0.29) is 5.69 Å². The normalized spacial score (nSPS) is 10.7. The van der Waals surface area contributed by atoms with E-state index in [2.05, 4.69) is 5.32 Å². The standard InChI is InChI=1S/C13H12F3NS/c1-7-3-9(8(2)18-7)6-17-13-5-11(15)10(14)4-12(13)16/h3-5,17H,6H2,1-2H3. The summed E-state index contributed by atoms with van der Waals surface area (Å²) in [4.78, 5) is 2.29. The highest BCUT2D eigenvalue weighted by molar-refractivity contribution is 7.12. The molecule has 2 aromatic rings. The highest BCUT2D eigenvalue weighted by Crippen LogP contribution is 2.23. The zero-order chi connectivity index (χ0) is 13.3. The molecule has 0 aliphatic rings. The van der Waals surface area contributed by atoms with Gasteiger partial charge in [-0.2, -0.15) is 0 Å². The molecule has 0 saturated carbocycles. The van der Waals surface area contributed by atoms with Crippen LogP contribution in [-0.2, 0) is 6.54 Å². The monoisotopic (exact) mass is 271 g/mol. The van der Waals surface area contributed by atoms with Crippen LogP contribution in [0.4, 0.5) is 18.9 Å².